The number of carbonyl (C=O) groups is 1. The second-order valence-corrected chi connectivity index (χ2v) is 9.75. The molecular weight excluding hydrogens is 420 g/mol. The number of nitrogens with zero attached hydrogens (tertiary/aromatic N) is 4. The zero-order valence-corrected chi connectivity index (χ0v) is 19.9. The van der Waals surface area contributed by atoms with Gasteiger partial charge in [-0.1, -0.05) is 42.1 Å². The van der Waals surface area contributed by atoms with Crippen molar-refractivity contribution in [2.45, 2.75) is 44.9 Å². The maximum absolute atomic E-state index is 13.3. The van der Waals surface area contributed by atoms with Gasteiger partial charge in [-0.25, -0.2) is 0 Å². The standard InChI is InChI=1S/C25H28N4O2S/c1-17-13-22-26-27-24(29(22)21-14-19(31-5)11-12-20(17)21)32-16-23(30)28(25(2,3)4)15-18-9-7-6-8-10-18/h6-14H,15-16H2,1-5H3. The van der Waals surface area contributed by atoms with Gasteiger partial charge in [0, 0.05) is 23.5 Å². The van der Waals surface area contributed by atoms with Gasteiger partial charge in [0.2, 0.25) is 5.91 Å². The summed E-state index contributed by atoms with van der Waals surface area (Å²) in [6, 6.07) is 18.1. The highest BCUT2D eigenvalue weighted by Crippen LogP contribution is 2.29. The normalized spacial score (nSPS) is 11.8. The molecule has 0 aliphatic heterocycles. The van der Waals surface area contributed by atoms with E-state index < -0.39 is 0 Å². The molecule has 4 aromatic rings. The first-order chi connectivity index (χ1) is 15.3. The fourth-order valence-corrected chi connectivity index (χ4v) is 4.62. The molecule has 0 fully saturated rings. The Hall–Kier alpha value is -3.06. The van der Waals surface area contributed by atoms with Gasteiger partial charge in [0.25, 0.3) is 0 Å². The van der Waals surface area contributed by atoms with E-state index in [0.717, 1.165) is 33.4 Å². The van der Waals surface area contributed by atoms with Crippen LogP contribution in [-0.2, 0) is 11.3 Å². The zero-order valence-electron chi connectivity index (χ0n) is 19.1. The van der Waals surface area contributed by atoms with Gasteiger partial charge in [0.15, 0.2) is 10.8 Å². The molecule has 0 atom stereocenters. The summed E-state index contributed by atoms with van der Waals surface area (Å²) in [5.74, 6) is 1.12. The topological polar surface area (TPSA) is 59.7 Å². The van der Waals surface area contributed by atoms with Gasteiger partial charge >= 0.3 is 0 Å². The Morgan fingerprint density at radius 1 is 1.09 bits per heavy atom. The Morgan fingerprint density at radius 3 is 2.53 bits per heavy atom. The van der Waals surface area contributed by atoms with Crippen LogP contribution in [0.25, 0.3) is 16.6 Å². The predicted molar refractivity (Wildman–Crippen MR) is 129 cm³/mol. The van der Waals surface area contributed by atoms with E-state index in [-0.39, 0.29) is 17.2 Å². The molecule has 0 unspecified atom stereocenters. The first-order valence-electron chi connectivity index (χ1n) is 10.6. The number of hydrogen-bond donors (Lipinski definition) is 0. The number of rotatable bonds is 6. The van der Waals surface area contributed by atoms with E-state index in [1.807, 2.05) is 63.9 Å². The van der Waals surface area contributed by atoms with Crippen molar-refractivity contribution < 1.29 is 9.53 Å². The van der Waals surface area contributed by atoms with Crippen molar-refractivity contribution in [2.75, 3.05) is 12.9 Å². The average Bonchev–Trinajstić information content (AvgIpc) is 3.18. The lowest BCUT2D eigenvalue weighted by Crippen LogP contribution is -2.45. The van der Waals surface area contributed by atoms with Crippen LogP contribution in [0.2, 0.25) is 0 Å². The number of aromatic nitrogens is 3. The number of benzene rings is 2. The number of hydrogen-bond acceptors (Lipinski definition) is 5. The van der Waals surface area contributed by atoms with Crippen LogP contribution in [-0.4, -0.2) is 43.8 Å². The Morgan fingerprint density at radius 2 is 1.84 bits per heavy atom. The molecule has 2 aromatic heterocycles. The summed E-state index contributed by atoms with van der Waals surface area (Å²) >= 11 is 1.41. The lowest BCUT2D eigenvalue weighted by molar-refractivity contribution is -0.133. The van der Waals surface area contributed by atoms with Crippen molar-refractivity contribution >= 4 is 34.2 Å². The Bertz CT molecular complexity index is 1260. The highest BCUT2D eigenvalue weighted by molar-refractivity contribution is 7.99. The number of fused-ring (bicyclic) bond motifs is 3. The SMILES string of the molecule is COc1ccc2c(C)cc3nnc(SCC(=O)N(Cc4ccccc4)C(C)(C)C)n3c2c1. The molecule has 6 nitrogen and oxygen atoms in total. The van der Waals surface area contributed by atoms with Crippen LogP contribution in [0.1, 0.15) is 31.9 Å². The van der Waals surface area contributed by atoms with Gasteiger partial charge in [-0.15, -0.1) is 10.2 Å². The summed E-state index contributed by atoms with van der Waals surface area (Å²) in [5, 5.41) is 10.5. The molecule has 0 saturated carbocycles. The highest BCUT2D eigenvalue weighted by atomic mass is 32.2. The molecular formula is C25H28N4O2S. The summed E-state index contributed by atoms with van der Waals surface area (Å²) in [6.07, 6.45) is 0. The van der Waals surface area contributed by atoms with Crippen molar-refractivity contribution in [3.05, 3.63) is 65.7 Å². The molecule has 32 heavy (non-hydrogen) atoms. The van der Waals surface area contributed by atoms with Crippen LogP contribution in [0, 0.1) is 6.92 Å². The lowest BCUT2D eigenvalue weighted by Gasteiger charge is -2.36. The van der Waals surface area contributed by atoms with E-state index in [4.69, 9.17) is 4.74 Å². The van der Waals surface area contributed by atoms with Crippen LogP contribution in [0.5, 0.6) is 5.75 Å². The smallest absolute Gasteiger partial charge is 0.233 e. The largest absolute Gasteiger partial charge is 0.497 e. The third kappa shape index (κ3) is 4.43. The molecule has 0 radical (unpaired) electrons. The minimum absolute atomic E-state index is 0.0668. The number of carbonyl (C=O) groups excluding carboxylic acids is 1. The summed E-state index contributed by atoms with van der Waals surface area (Å²) in [6.45, 7) is 8.82. The Kier molecular flexibility index (Phi) is 6.11. The van der Waals surface area contributed by atoms with E-state index in [9.17, 15) is 4.79 Å². The first kappa shape index (κ1) is 22.1. The average molecular weight is 449 g/mol. The third-order valence-corrected chi connectivity index (χ3v) is 6.41. The number of ether oxygens (including phenoxy) is 1. The number of pyridine rings is 1. The van der Waals surface area contributed by atoms with E-state index in [0.29, 0.717) is 11.7 Å². The second-order valence-electron chi connectivity index (χ2n) is 8.81. The molecule has 0 N–H and O–H groups in total. The van der Waals surface area contributed by atoms with E-state index in [1.165, 1.54) is 11.8 Å². The molecule has 0 saturated heterocycles. The minimum Gasteiger partial charge on any atom is -0.497 e. The third-order valence-electron chi connectivity index (χ3n) is 5.49. The molecule has 7 heteroatoms. The molecule has 2 heterocycles. The van der Waals surface area contributed by atoms with Crippen molar-refractivity contribution in [1.29, 1.82) is 0 Å². The summed E-state index contributed by atoms with van der Waals surface area (Å²) in [7, 11) is 1.66. The summed E-state index contributed by atoms with van der Waals surface area (Å²) in [5.41, 5.74) is 3.67. The second kappa shape index (κ2) is 8.82. The van der Waals surface area contributed by atoms with Gasteiger partial charge in [-0.3, -0.25) is 9.20 Å². The molecule has 0 aliphatic carbocycles. The summed E-state index contributed by atoms with van der Waals surface area (Å²) < 4.78 is 7.43. The predicted octanol–water partition coefficient (Wildman–Crippen LogP) is 5.12. The number of amides is 1. The van der Waals surface area contributed by atoms with E-state index in [1.54, 1.807) is 7.11 Å². The van der Waals surface area contributed by atoms with E-state index >= 15 is 0 Å². The van der Waals surface area contributed by atoms with Crippen LogP contribution in [0.4, 0.5) is 0 Å². The maximum Gasteiger partial charge on any atom is 0.233 e. The van der Waals surface area contributed by atoms with Crippen LogP contribution in [0.15, 0.2) is 59.8 Å². The molecule has 4 rings (SSSR count). The van der Waals surface area contributed by atoms with Crippen molar-refractivity contribution in [1.82, 2.24) is 19.5 Å². The molecule has 0 bridgehead atoms. The Balaban J connectivity index is 1.63. The van der Waals surface area contributed by atoms with Gasteiger partial charge in [0.1, 0.15) is 5.75 Å². The maximum atomic E-state index is 13.3. The number of thioether (sulfide) groups is 1. The molecule has 166 valence electrons. The van der Waals surface area contributed by atoms with Crippen molar-refractivity contribution in [3.8, 4) is 5.75 Å². The van der Waals surface area contributed by atoms with Gasteiger partial charge in [-0.05, 0) is 57.0 Å². The van der Waals surface area contributed by atoms with Crippen molar-refractivity contribution in [2.24, 2.45) is 0 Å². The number of aryl methyl sites for hydroxylation is 1. The van der Waals surface area contributed by atoms with Gasteiger partial charge < -0.3 is 9.64 Å². The first-order valence-corrected chi connectivity index (χ1v) is 11.6. The summed E-state index contributed by atoms with van der Waals surface area (Å²) in [4.78, 5) is 15.2. The minimum atomic E-state index is -0.294. The lowest BCUT2D eigenvalue weighted by atomic mass is 10.0. The molecule has 1 amide bonds. The van der Waals surface area contributed by atoms with Crippen molar-refractivity contribution in [3.63, 3.8) is 0 Å². The monoisotopic (exact) mass is 448 g/mol. The Labute approximate surface area is 192 Å². The van der Waals surface area contributed by atoms with Crippen LogP contribution >= 0.6 is 11.8 Å². The molecule has 0 aliphatic rings. The quantitative estimate of drug-likeness (QED) is 0.383. The van der Waals surface area contributed by atoms with Gasteiger partial charge in [0.05, 0.1) is 18.4 Å². The zero-order chi connectivity index (χ0) is 22.9. The highest BCUT2D eigenvalue weighted by Gasteiger charge is 2.27. The van der Waals surface area contributed by atoms with Gasteiger partial charge in [-0.2, -0.15) is 0 Å². The van der Waals surface area contributed by atoms with Crippen LogP contribution < -0.4 is 4.74 Å². The van der Waals surface area contributed by atoms with Crippen LogP contribution in [0.3, 0.4) is 0 Å². The molecule has 2 aromatic carbocycles. The molecule has 0 spiro atoms. The fourth-order valence-electron chi connectivity index (χ4n) is 3.79. The number of methoxy groups -OCH3 is 1. The fraction of sp³-hybridized carbons (Fsp3) is 0.320. The van der Waals surface area contributed by atoms with E-state index in [2.05, 4.69) is 37.9 Å².